The van der Waals surface area contributed by atoms with Crippen LogP contribution in [0.3, 0.4) is 0 Å². The van der Waals surface area contributed by atoms with Crippen LogP contribution in [-0.4, -0.2) is 19.7 Å². The van der Waals surface area contributed by atoms with Crippen molar-refractivity contribution in [2.75, 3.05) is 4.31 Å². The van der Waals surface area contributed by atoms with Gasteiger partial charge in [0.25, 0.3) is 10.0 Å². The zero-order chi connectivity index (χ0) is 18.1. The van der Waals surface area contributed by atoms with Crippen LogP contribution in [0.4, 0.5) is 5.69 Å². The van der Waals surface area contributed by atoms with Crippen molar-refractivity contribution in [3.05, 3.63) is 57.5 Å². The average Bonchev–Trinajstić information content (AvgIpc) is 2.51. The summed E-state index contributed by atoms with van der Waals surface area (Å²) in [6.45, 7) is 3.19. The summed E-state index contributed by atoms with van der Waals surface area (Å²) in [6, 6.07) is 9.82. The molecule has 0 radical (unpaired) electrons. The van der Waals surface area contributed by atoms with Crippen LogP contribution in [0, 0.1) is 6.92 Å². The Labute approximate surface area is 159 Å². The Morgan fingerprint density at radius 3 is 2.25 bits per heavy atom. The third-order valence-corrected chi connectivity index (χ3v) is 6.63. The SMILES string of the molecule is Cc1cc(N(C(C)C(=O)Cl)S(=O)(=O)c2ccc(Br)cc2)ccc1Cl. The van der Waals surface area contributed by atoms with Crippen molar-refractivity contribution in [3.8, 4) is 0 Å². The van der Waals surface area contributed by atoms with Crippen LogP contribution in [0.1, 0.15) is 12.5 Å². The molecule has 0 fully saturated rings. The molecule has 128 valence electrons. The quantitative estimate of drug-likeness (QED) is 0.617. The van der Waals surface area contributed by atoms with E-state index in [2.05, 4.69) is 15.9 Å². The van der Waals surface area contributed by atoms with Crippen molar-refractivity contribution < 1.29 is 13.2 Å². The van der Waals surface area contributed by atoms with Crippen molar-refractivity contribution in [1.82, 2.24) is 0 Å². The third kappa shape index (κ3) is 3.94. The molecule has 0 aliphatic rings. The predicted octanol–water partition coefficient (Wildman–Crippen LogP) is 4.76. The zero-order valence-electron chi connectivity index (χ0n) is 12.8. The number of nitrogens with zero attached hydrogens (tertiary/aromatic N) is 1. The molecule has 0 amide bonds. The molecule has 2 aromatic carbocycles. The molecular formula is C16H14BrCl2NO3S. The van der Waals surface area contributed by atoms with Gasteiger partial charge in [-0.3, -0.25) is 9.10 Å². The maximum atomic E-state index is 13.1. The summed E-state index contributed by atoms with van der Waals surface area (Å²) in [5.74, 6) is 0. The predicted molar refractivity (Wildman–Crippen MR) is 100 cm³/mol. The highest BCUT2D eigenvalue weighted by Gasteiger charge is 2.32. The Morgan fingerprint density at radius 2 is 1.75 bits per heavy atom. The van der Waals surface area contributed by atoms with Crippen molar-refractivity contribution in [3.63, 3.8) is 0 Å². The summed E-state index contributed by atoms with van der Waals surface area (Å²) in [6.07, 6.45) is 0. The second-order valence-electron chi connectivity index (χ2n) is 5.17. The van der Waals surface area contributed by atoms with E-state index in [1.807, 2.05) is 0 Å². The van der Waals surface area contributed by atoms with Crippen LogP contribution in [0.5, 0.6) is 0 Å². The van der Waals surface area contributed by atoms with Crippen LogP contribution in [-0.2, 0) is 14.8 Å². The lowest BCUT2D eigenvalue weighted by atomic mass is 10.2. The first kappa shape index (κ1) is 19.2. The molecule has 0 aliphatic heterocycles. The topological polar surface area (TPSA) is 54.5 Å². The Bertz CT molecular complexity index is 869. The highest BCUT2D eigenvalue weighted by Crippen LogP contribution is 2.30. The minimum absolute atomic E-state index is 0.0584. The fraction of sp³-hybridized carbons (Fsp3) is 0.188. The average molecular weight is 451 g/mol. The molecule has 0 spiro atoms. The monoisotopic (exact) mass is 449 g/mol. The third-order valence-electron chi connectivity index (χ3n) is 3.45. The maximum Gasteiger partial charge on any atom is 0.265 e. The van der Waals surface area contributed by atoms with Gasteiger partial charge in [-0.25, -0.2) is 8.42 Å². The van der Waals surface area contributed by atoms with Gasteiger partial charge in [0.15, 0.2) is 0 Å². The van der Waals surface area contributed by atoms with Gasteiger partial charge in [0.05, 0.1) is 10.6 Å². The first-order valence-electron chi connectivity index (χ1n) is 6.90. The summed E-state index contributed by atoms with van der Waals surface area (Å²) in [4.78, 5) is 11.7. The molecule has 4 nitrogen and oxygen atoms in total. The van der Waals surface area contributed by atoms with Crippen LogP contribution >= 0.6 is 39.1 Å². The minimum Gasteiger partial charge on any atom is -0.279 e. The second-order valence-corrected chi connectivity index (χ2v) is 8.68. The van der Waals surface area contributed by atoms with Gasteiger partial charge in [0.2, 0.25) is 5.24 Å². The lowest BCUT2D eigenvalue weighted by Gasteiger charge is -2.28. The van der Waals surface area contributed by atoms with Gasteiger partial charge in [-0.15, -0.1) is 0 Å². The number of carbonyl (C=O) groups excluding carboxylic acids is 1. The lowest BCUT2D eigenvalue weighted by Crippen LogP contribution is -2.42. The summed E-state index contributed by atoms with van der Waals surface area (Å²) in [7, 11) is -3.98. The molecule has 0 aromatic heterocycles. The molecule has 2 aromatic rings. The van der Waals surface area contributed by atoms with E-state index >= 15 is 0 Å². The Morgan fingerprint density at radius 1 is 1.17 bits per heavy atom. The number of anilines is 1. The van der Waals surface area contributed by atoms with Crippen molar-refractivity contribution >= 4 is 60.1 Å². The molecule has 0 saturated carbocycles. The van der Waals surface area contributed by atoms with E-state index in [0.717, 1.165) is 8.78 Å². The molecule has 0 aliphatic carbocycles. The number of sulfonamides is 1. The van der Waals surface area contributed by atoms with Crippen LogP contribution in [0.2, 0.25) is 5.02 Å². The van der Waals surface area contributed by atoms with E-state index in [0.29, 0.717) is 16.3 Å². The van der Waals surface area contributed by atoms with E-state index in [-0.39, 0.29) is 4.90 Å². The Balaban J connectivity index is 2.63. The molecule has 0 N–H and O–H groups in total. The van der Waals surface area contributed by atoms with Crippen molar-refractivity contribution in [2.24, 2.45) is 0 Å². The molecule has 0 saturated heterocycles. The molecule has 1 atom stereocenters. The molecule has 0 heterocycles. The molecule has 8 heteroatoms. The van der Waals surface area contributed by atoms with E-state index in [4.69, 9.17) is 23.2 Å². The van der Waals surface area contributed by atoms with Crippen molar-refractivity contribution in [1.29, 1.82) is 0 Å². The number of carbonyl (C=O) groups is 1. The molecule has 1 unspecified atom stereocenters. The van der Waals surface area contributed by atoms with Gasteiger partial charge in [-0.1, -0.05) is 27.5 Å². The second kappa shape index (κ2) is 7.44. The highest BCUT2D eigenvalue weighted by atomic mass is 79.9. The van der Waals surface area contributed by atoms with E-state index in [9.17, 15) is 13.2 Å². The van der Waals surface area contributed by atoms with Gasteiger partial charge in [0.1, 0.15) is 6.04 Å². The summed E-state index contributed by atoms with van der Waals surface area (Å²) in [5, 5.41) is -0.270. The summed E-state index contributed by atoms with van der Waals surface area (Å²) in [5.41, 5.74) is 1.01. The fourth-order valence-corrected chi connectivity index (χ4v) is 4.30. The van der Waals surface area contributed by atoms with E-state index in [1.165, 1.54) is 19.1 Å². The molecular weight excluding hydrogens is 437 g/mol. The van der Waals surface area contributed by atoms with Crippen LogP contribution in [0.15, 0.2) is 51.8 Å². The van der Waals surface area contributed by atoms with Gasteiger partial charge in [-0.2, -0.15) is 0 Å². The molecule has 24 heavy (non-hydrogen) atoms. The van der Waals surface area contributed by atoms with Gasteiger partial charge >= 0.3 is 0 Å². The first-order chi connectivity index (χ1) is 11.1. The number of hydrogen-bond donors (Lipinski definition) is 0. The largest absolute Gasteiger partial charge is 0.279 e. The Hall–Kier alpha value is -1.08. The summed E-state index contributed by atoms with van der Waals surface area (Å²) >= 11 is 14.9. The summed E-state index contributed by atoms with van der Waals surface area (Å²) < 4.78 is 27.9. The van der Waals surface area contributed by atoms with Gasteiger partial charge < -0.3 is 0 Å². The number of hydrogen-bond acceptors (Lipinski definition) is 3. The van der Waals surface area contributed by atoms with Gasteiger partial charge in [-0.05, 0) is 73.5 Å². The lowest BCUT2D eigenvalue weighted by molar-refractivity contribution is -0.112. The van der Waals surface area contributed by atoms with E-state index in [1.54, 1.807) is 37.3 Å². The maximum absolute atomic E-state index is 13.1. The minimum atomic E-state index is -3.98. The highest BCUT2D eigenvalue weighted by molar-refractivity contribution is 9.10. The number of rotatable bonds is 5. The molecule has 2 rings (SSSR count). The fourth-order valence-electron chi connectivity index (χ4n) is 2.15. The number of aryl methyl sites for hydroxylation is 1. The van der Waals surface area contributed by atoms with E-state index < -0.39 is 21.3 Å². The van der Waals surface area contributed by atoms with Crippen LogP contribution < -0.4 is 4.31 Å². The number of halogens is 3. The molecule has 0 bridgehead atoms. The Kier molecular flexibility index (Phi) is 5.96. The zero-order valence-corrected chi connectivity index (χ0v) is 16.7. The van der Waals surface area contributed by atoms with Gasteiger partial charge in [0, 0.05) is 9.50 Å². The smallest absolute Gasteiger partial charge is 0.265 e. The standard InChI is InChI=1S/C16H14BrCl2NO3S/c1-10-9-13(5-8-15(10)18)20(11(2)16(19)21)24(22,23)14-6-3-12(17)4-7-14/h3-9,11H,1-2H3. The number of benzene rings is 2. The normalized spacial score (nSPS) is 12.7. The van der Waals surface area contributed by atoms with Crippen LogP contribution in [0.25, 0.3) is 0 Å². The van der Waals surface area contributed by atoms with Crippen molar-refractivity contribution in [2.45, 2.75) is 24.8 Å². The first-order valence-corrected chi connectivity index (χ1v) is 9.89.